The Labute approximate surface area is 149 Å². The molecule has 1 fully saturated rings. The first-order valence-electron chi connectivity index (χ1n) is 8.81. The topological polar surface area (TPSA) is 62.0 Å². The summed E-state index contributed by atoms with van der Waals surface area (Å²) in [6, 6.07) is 8.02. The number of rotatable bonds is 7. The molecule has 1 unspecified atom stereocenters. The SMILES string of the molecule is Cc1cc(C)cc(OCC(O)CN2CCN(Cc3ccon3)CC2)c1. The minimum absolute atomic E-state index is 0.321. The van der Waals surface area contributed by atoms with Crippen molar-refractivity contribution in [1.82, 2.24) is 15.0 Å². The van der Waals surface area contributed by atoms with Crippen LogP contribution in [-0.4, -0.2) is 65.5 Å². The average molecular weight is 345 g/mol. The summed E-state index contributed by atoms with van der Waals surface area (Å²) in [5, 5.41) is 14.2. The number of aryl methyl sites for hydroxylation is 2. The Morgan fingerprint density at radius 1 is 1.12 bits per heavy atom. The number of nitrogens with zero attached hydrogens (tertiary/aromatic N) is 3. The molecule has 3 rings (SSSR count). The van der Waals surface area contributed by atoms with E-state index in [1.165, 1.54) is 11.1 Å². The highest BCUT2D eigenvalue weighted by atomic mass is 16.5. The second kappa shape index (κ2) is 8.47. The van der Waals surface area contributed by atoms with Crippen molar-refractivity contribution >= 4 is 0 Å². The van der Waals surface area contributed by atoms with Gasteiger partial charge >= 0.3 is 0 Å². The molecular weight excluding hydrogens is 318 g/mol. The van der Waals surface area contributed by atoms with Gasteiger partial charge in [-0.1, -0.05) is 11.2 Å². The Morgan fingerprint density at radius 2 is 1.80 bits per heavy atom. The van der Waals surface area contributed by atoms with Crippen LogP contribution >= 0.6 is 0 Å². The molecule has 0 aliphatic carbocycles. The molecule has 0 spiro atoms. The van der Waals surface area contributed by atoms with Crippen molar-refractivity contribution in [3.63, 3.8) is 0 Å². The molecule has 136 valence electrons. The van der Waals surface area contributed by atoms with E-state index in [9.17, 15) is 5.11 Å². The third-order valence-corrected chi connectivity index (χ3v) is 4.45. The van der Waals surface area contributed by atoms with E-state index in [0.717, 1.165) is 44.2 Å². The first kappa shape index (κ1) is 17.9. The molecule has 2 heterocycles. The van der Waals surface area contributed by atoms with Crippen molar-refractivity contribution in [3.8, 4) is 5.75 Å². The third kappa shape index (κ3) is 5.56. The van der Waals surface area contributed by atoms with Gasteiger partial charge in [0.15, 0.2) is 0 Å². The maximum absolute atomic E-state index is 10.3. The standard InChI is InChI=1S/C19H27N3O3/c1-15-9-16(2)11-19(10-15)24-14-18(23)13-22-6-4-21(5-7-22)12-17-3-8-25-20-17/h3,8-11,18,23H,4-7,12-14H2,1-2H3. The van der Waals surface area contributed by atoms with Crippen molar-refractivity contribution in [2.45, 2.75) is 26.5 Å². The lowest BCUT2D eigenvalue weighted by Gasteiger charge is -2.35. The summed E-state index contributed by atoms with van der Waals surface area (Å²) in [5.41, 5.74) is 3.32. The maximum Gasteiger partial charge on any atom is 0.124 e. The fourth-order valence-corrected chi connectivity index (χ4v) is 3.24. The highest BCUT2D eigenvalue weighted by Crippen LogP contribution is 2.16. The zero-order chi connectivity index (χ0) is 17.6. The Morgan fingerprint density at radius 3 is 2.44 bits per heavy atom. The number of ether oxygens (including phenoxy) is 1. The van der Waals surface area contributed by atoms with E-state index in [4.69, 9.17) is 9.26 Å². The molecule has 0 saturated carbocycles. The van der Waals surface area contributed by atoms with Gasteiger partial charge in [-0.2, -0.15) is 0 Å². The molecule has 2 aromatic rings. The summed E-state index contributed by atoms with van der Waals surface area (Å²) < 4.78 is 10.6. The Balaban J connectivity index is 1.38. The second-order valence-electron chi connectivity index (χ2n) is 6.86. The van der Waals surface area contributed by atoms with Gasteiger partial charge in [-0.3, -0.25) is 9.80 Å². The predicted molar refractivity (Wildman–Crippen MR) is 95.6 cm³/mol. The van der Waals surface area contributed by atoms with Crippen LogP contribution in [0.3, 0.4) is 0 Å². The normalized spacial score (nSPS) is 17.6. The van der Waals surface area contributed by atoms with Crippen LogP contribution in [-0.2, 0) is 6.54 Å². The summed E-state index contributed by atoms with van der Waals surface area (Å²) in [7, 11) is 0. The van der Waals surface area contributed by atoms with E-state index in [1.54, 1.807) is 6.26 Å². The lowest BCUT2D eigenvalue weighted by Crippen LogP contribution is -2.48. The van der Waals surface area contributed by atoms with Gasteiger partial charge in [0.25, 0.3) is 0 Å². The smallest absolute Gasteiger partial charge is 0.124 e. The molecule has 1 N–H and O–H groups in total. The number of hydrogen-bond acceptors (Lipinski definition) is 6. The van der Waals surface area contributed by atoms with E-state index in [-0.39, 0.29) is 0 Å². The molecule has 0 bridgehead atoms. The molecule has 1 aromatic heterocycles. The van der Waals surface area contributed by atoms with Crippen LogP contribution < -0.4 is 4.74 Å². The van der Waals surface area contributed by atoms with Crippen LogP contribution in [0.25, 0.3) is 0 Å². The number of piperazine rings is 1. The van der Waals surface area contributed by atoms with E-state index in [2.05, 4.69) is 34.9 Å². The fraction of sp³-hybridized carbons (Fsp3) is 0.526. The monoisotopic (exact) mass is 345 g/mol. The number of hydrogen-bond donors (Lipinski definition) is 1. The summed E-state index contributed by atoms with van der Waals surface area (Å²) in [6.07, 6.45) is 1.13. The van der Waals surface area contributed by atoms with Gasteiger partial charge in [0.2, 0.25) is 0 Å². The molecule has 1 aliphatic rings. The first-order valence-corrected chi connectivity index (χ1v) is 8.81. The third-order valence-electron chi connectivity index (χ3n) is 4.45. The van der Waals surface area contributed by atoms with E-state index < -0.39 is 6.10 Å². The minimum atomic E-state index is -0.483. The zero-order valence-electron chi connectivity index (χ0n) is 15.0. The van der Waals surface area contributed by atoms with Crippen LogP contribution in [0, 0.1) is 13.8 Å². The molecular formula is C19H27N3O3. The second-order valence-corrected chi connectivity index (χ2v) is 6.86. The quantitative estimate of drug-likeness (QED) is 0.826. The number of aliphatic hydroxyl groups is 1. The van der Waals surface area contributed by atoms with Crippen molar-refractivity contribution in [2.75, 3.05) is 39.3 Å². The minimum Gasteiger partial charge on any atom is -0.491 e. The Kier molecular flexibility index (Phi) is 6.07. The van der Waals surface area contributed by atoms with Crippen molar-refractivity contribution in [3.05, 3.63) is 47.3 Å². The first-order chi connectivity index (χ1) is 12.1. The van der Waals surface area contributed by atoms with Crippen LogP contribution in [0.5, 0.6) is 5.75 Å². The summed E-state index contributed by atoms with van der Waals surface area (Å²) >= 11 is 0. The molecule has 1 saturated heterocycles. The summed E-state index contributed by atoms with van der Waals surface area (Å²) in [4.78, 5) is 4.64. The van der Waals surface area contributed by atoms with Gasteiger partial charge in [0, 0.05) is 45.3 Å². The number of benzene rings is 1. The highest BCUT2D eigenvalue weighted by Gasteiger charge is 2.20. The molecule has 0 amide bonds. The number of aromatic nitrogens is 1. The molecule has 1 atom stereocenters. The molecule has 0 radical (unpaired) electrons. The van der Waals surface area contributed by atoms with Crippen LogP contribution in [0.4, 0.5) is 0 Å². The van der Waals surface area contributed by atoms with Gasteiger partial charge in [0.1, 0.15) is 24.7 Å². The van der Waals surface area contributed by atoms with Crippen LogP contribution in [0.15, 0.2) is 35.1 Å². The van der Waals surface area contributed by atoms with Gasteiger partial charge in [0.05, 0.1) is 5.69 Å². The van der Waals surface area contributed by atoms with Crippen LogP contribution in [0.1, 0.15) is 16.8 Å². The van der Waals surface area contributed by atoms with Crippen molar-refractivity contribution in [2.24, 2.45) is 0 Å². The van der Waals surface area contributed by atoms with Gasteiger partial charge in [-0.15, -0.1) is 0 Å². The largest absolute Gasteiger partial charge is 0.491 e. The van der Waals surface area contributed by atoms with Gasteiger partial charge in [-0.05, 0) is 37.1 Å². The van der Waals surface area contributed by atoms with Crippen LogP contribution in [0.2, 0.25) is 0 Å². The predicted octanol–water partition coefficient (Wildman–Crippen LogP) is 1.85. The summed E-state index contributed by atoms with van der Waals surface area (Å²) in [5.74, 6) is 0.828. The van der Waals surface area contributed by atoms with E-state index >= 15 is 0 Å². The summed E-state index contributed by atoms with van der Waals surface area (Å²) in [6.45, 7) is 9.71. The van der Waals surface area contributed by atoms with Gasteiger partial charge in [-0.25, -0.2) is 0 Å². The van der Waals surface area contributed by atoms with Gasteiger partial charge < -0.3 is 14.4 Å². The maximum atomic E-state index is 10.3. The van der Waals surface area contributed by atoms with E-state index in [1.807, 2.05) is 18.2 Å². The number of aliphatic hydroxyl groups excluding tert-OH is 1. The fourth-order valence-electron chi connectivity index (χ4n) is 3.24. The molecule has 6 nitrogen and oxygen atoms in total. The lowest BCUT2D eigenvalue weighted by atomic mass is 10.1. The number of β-amino-alcohol motifs (C(OH)–C–C–N with tert-alkyl or cyclic N) is 1. The molecule has 1 aliphatic heterocycles. The molecule has 1 aromatic carbocycles. The van der Waals surface area contributed by atoms with Crippen molar-refractivity contribution < 1.29 is 14.4 Å². The molecule has 6 heteroatoms. The highest BCUT2D eigenvalue weighted by molar-refractivity contribution is 5.32. The van der Waals surface area contributed by atoms with Crippen molar-refractivity contribution in [1.29, 1.82) is 0 Å². The average Bonchev–Trinajstić information content (AvgIpc) is 3.07. The van der Waals surface area contributed by atoms with E-state index in [0.29, 0.717) is 13.2 Å². The zero-order valence-corrected chi connectivity index (χ0v) is 15.0. The lowest BCUT2D eigenvalue weighted by molar-refractivity contribution is 0.0442. The molecule has 25 heavy (non-hydrogen) atoms. The Bertz CT molecular complexity index is 632. The Hall–Kier alpha value is -1.89.